The summed E-state index contributed by atoms with van der Waals surface area (Å²) in [5.41, 5.74) is 8.51. The maximum Gasteiger partial charge on any atom is 0.354 e. The number of benzene rings is 1. The summed E-state index contributed by atoms with van der Waals surface area (Å²) in [6.07, 6.45) is 4.04. The average molecular weight is 610 g/mol. The first-order valence-corrected chi connectivity index (χ1v) is 13.4. The Bertz CT molecular complexity index is 1690. The van der Waals surface area contributed by atoms with Crippen LogP contribution < -0.4 is 11.1 Å². The van der Waals surface area contributed by atoms with Gasteiger partial charge in [-0.15, -0.1) is 23.7 Å². The van der Waals surface area contributed by atoms with Crippen LogP contribution in [0.15, 0.2) is 49.3 Å². The van der Waals surface area contributed by atoms with Gasteiger partial charge in [-0.2, -0.15) is 19.9 Å². The fourth-order valence-electron chi connectivity index (χ4n) is 4.44. The molecule has 1 amide bonds. The van der Waals surface area contributed by atoms with Gasteiger partial charge in [-0.3, -0.25) is 4.79 Å². The lowest BCUT2D eigenvalue weighted by Crippen LogP contribution is -2.29. The van der Waals surface area contributed by atoms with Crippen LogP contribution in [0.25, 0.3) is 5.78 Å². The maximum absolute atomic E-state index is 13.0. The Morgan fingerprint density at radius 3 is 2.74 bits per heavy atom. The standard InChI is InChI=1S/C21H19N5O5.C7H8N2S.ClH/c1-3-8-31-20(30)13-4-5-14-12(11(13)2)6-7-15(14)24-18(27)17-9-16(19(28)29)25-21-22-10-23-26(17)21;1-5(9)7-3-2-6(4-8)10-7;/h3-5,9-10,15H,1,6-8H2,2H3,(H,24,27)(H,28,29);2-3,5H,9H2,1H3;1H/t15-;;/m0../s1. The number of carbonyl (C=O) groups excluding carboxylic acids is 2. The molecule has 0 spiro atoms. The highest BCUT2D eigenvalue weighted by atomic mass is 35.5. The van der Waals surface area contributed by atoms with Crippen molar-refractivity contribution < 1.29 is 24.2 Å². The van der Waals surface area contributed by atoms with Gasteiger partial charge in [0.15, 0.2) is 5.69 Å². The van der Waals surface area contributed by atoms with E-state index in [0.29, 0.717) is 18.4 Å². The molecule has 1 unspecified atom stereocenters. The summed E-state index contributed by atoms with van der Waals surface area (Å²) < 4.78 is 6.33. The molecule has 0 fully saturated rings. The molecule has 0 radical (unpaired) electrons. The Labute approximate surface area is 251 Å². The number of fused-ring (bicyclic) bond motifs is 2. The summed E-state index contributed by atoms with van der Waals surface area (Å²) in [4.78, 5) is 46.1. The number of thiophene rings is 1. The number of carboxylic acid groups (broad SMARTS) is 1. The normalized spacial score (nSPS) is 13.9. The third kappa shape index (κ3) is 6.80. The second-order valence-electron chi connectivity index (χ2n) is 9.16. The lowest BCUT2D eigenvalue weighted by atomic mass is 9.98. The summed E-state index contributed by atoms with van der Waals surface area (Å²) in [5.74, 6) is -2.16. The minimum absolute atomic E-state index is 0. The number of ether oxygens (including phenoxy) is 1. The van der Waals surface area contributed by atoms with Gasteiger partial charge < -0.3 is 20.9 Å². The number of rotatable bonds is 7. The molecule has 0 aliphatic heterocycles. The molecule has 3 heterocycles. The van der Waals surface area contributed by atoms with Gasteiger partial charge in [0.1, 0.15) is 29.6 Å². The molecule has 1 aliphatic carbocycles. The van der Waals surface area contributed by atoms with E-state index in [2.05, 4.69) is 33.0 Å². The van der Waals surface area contributed by atoms with Crippen molar-refractivity contribution in [2.45, 2.75) is 38.8 Å². The molecule has 4 N–H and O–H groups in total. The first kappa shape index (κ1) is 31.9. The minimum Gasteiger partial charge on any atom is -0.477 e. The van der Waals surface area contributed by atoms with Gasteiger partial charge in [0.05, 0.1) is 11.6 Å². The van der Waals surface area contributed by atoms with Crippen LogP contribution in [-0.4, -0.2) is 49.1 Å². The fourth-order valence-corrected chi connectivity index (χ4v) is 5.19. The van der Waals surface area contributed by atoms with Gasteiger partial charge in [0.2, 0.25) is 0 Å². The van der Waals surface area contributed by atoms with Gasteiger partial charge in [-0.1, -0.05) is 18.7 Å². The first-order chi connectivity index (χ1) is 19.6. The number of nitrogens with one attached hydrogen (secondary N) is 1. The monoisotopic (exact) mass is 609 g/mol. The molecule has 218 valence electrons. The lowest BCUT2D eigenvalue weighted by Gasteiger charge is -2.16. The van der Waals surface area contributed by atoms with Crippen molar-refractivity contribution >= 4 is 47.4 Å². The van der Waals surface area contributed by atoms with E-state index in [1.165, 1.54) is 34.3 Å². The van der Waals surface area contributed by atoms with E-state index >= 15 is 0 Å². The summed E-state index contributed by atoms with van der Waals surface area (Å²) in [6.45, 7) is 7.43. The minimum atomic E-state index is -1.27. The molecule has 0 bridgehead atoms. The van der Waals surface area contributed by atoms with Crippen LogP contribution in [0.5, 0.6) is 0 Å². The number of nitrogens with zero attached hydrogens (tertiary/aromatic N) is 5. The van der Waals surface area contributed by atoms with Crippen molar-refractivity contribution in [3.05, 3.63) is 92.7 Å². The second kappa shape index (κ2) is 13.8. The number of esters is 1. The van der Waals surface area contributed by atoms with E-state index in [-0.39, 0.29) is 48.3 Å². The molecule has 1 aliphatic rings. The molecule has 12 nitrogen and oxygen atoms in total. The molecule has 5 rings (SSSR count). The number of aromatic nitrogens is 4. The van der Waals surface area contributed by atoms with Crippen molar-refractivity contribution in [2.75, 3.05) is 6.61 Å². The van der Waals surface area contributed by atoms with Crippen LogP contribution in [0.4, 0.5) is 0 Å². The number of amides is 1. The van der Waals surface area contributed by atoms with Crippen LogP contribution in [0, 0.1) is 18.3 Å². The molecule has 0 saturated heterocycles. The van der Waals surface area contributed by atoms with Crippen LogP contribution in [-0.2, 0) is 11.2 Å². The number of carbonyl (C=O) groups is 3. The third-order valence-corrected chi connectivity index (χ3v) is 7.63. The van der Waals surface area contributed by atoms with E-state index in [0.717, 1.165) is 26.4 Å². The Morgan fingerprint density at radius 2 is 2.12 bits per heavy atom. The Hall–Kier alpha value is -4.64. The third-order valence-electron chi connectivity index (χ3n) is 6.44. The molecule has 1 aromatic carbocycles. The predicted octanol–water partition coefficient (Wildman–Crippen LogP) is 3.95. The van der Waals surface area contributed by atoms with E-state index in [1.54, 1.807) is 12.1 Å². The van der Waals surface area contributed by atoms with Crippen LogP contribution in [0.1, 0.15) is 83.2 Å². The van der Waals surface area contributed by atoms with Crippen LogP contribution in [0.2, 0.25) is 0 Å². The molecule has 2 atom stereocenters. The highest BCUT2D eigenvalue weighted by Gasteiger charge is 2.29. The van der Waals surface area contributed by atoms with Crippen molar-refractivity contribution in [3.63, 3.8) is 0 Å². The summed E-state index contributed by atoms with van der Waals surface area (Å²) in [5, 5.41) is 24.6. The van der Waals surface area contributed by atoms with Crippen molar-refractivity contribution in [2.24, 2.45) is 5.73 Å². The average Bonchev–Trinajstić information content (AvgIpc) is 3.71. The largest absolute Gasteiger partial charge is 0.477 e. The lowest BCUT2D eigenvalue weighted by molar-refractivity contribution is 0.0548. The van der Waals surface area contributed by atoms with Crippen molar-refractivity contribution in [1.82, 2.24) is 24.9 Å². The number of aromatic carboxylic acids is 1. The number of nitrogens with two attached hydrogens (primary N) is 1. The number of hydrogen-bond acceptors (Lipinski definition) is 10. The zero-order valence-electron chi connectivity index (χ0n) is 22.7. The summed E-state index contributed by atoms with van der Waals surface area (Å²) >= 11 is 1.45. The van der Waals surface area contributed by atoms with Crippen molar-refractivity contribution in [3.8, 4) is 6.07 Å². The zero-order valence-corrected chi connectivity index (χ0v) is 24.4. The molecule has 3 aromatic heterocycles. The van der Waals surface area contributed by atoms with Gasteiger partial charge in [0.25, 0.3) is 11.7 Å². The SMILES string of the molecule is C=CCOC(=O)c1ccc2c(c1C)CC[C@@H]2NC(=O)c1cc(C(=O)O)nc2ncnn12.CC(N)c1ccc(C#N)s1.Cl. The van der Waals surface area contributed by atoms with Gasteiger partial charge in [-0.05, 0) is 61.6 Å². The van der Waals surface area contributed by atoms with Gasteiger partial charge in [0, 0.05) is 17.0 Å². The molecule has 4 aromatic rings. The smallest absolute Gasteiger partial charge is 0.354 e. The highest BCUT2D eigenvalue weighted by Crippen LogP contribution is 2.35. The van der Waals surface area contributed by atoms with Crippen LogP contribution in [0.3, 0.4) is 0 Å². The number of halogens is 1. The van der Waals surface area contributed by atoms with Gasteiger partial charge in [-0.25, -0.2) is 14.6 Å². The molecule has 14 heteroatoms. The second-order valence-corrected chi connectivity index (χ2v) is 10.3. The Kier molecular flexibility index (Phi) is 10.5. The highest BCUT2D eigenvalue weighted by molar-refractivity contribution is 7.12. The van der Waals surface area contributed by atoms with E-state index in [4.69, 9.17) is 15.7 Å². The Balaban J connectivity index is 0.000000374. The number of carboxylic acids is 1. The van der Waals surface area contributed by atoms with E-state index < -0.39 is 17.8 Å². The topological polar surface area (TPSA) is 186 Å². The predicted molar refractivity (Wildman–Crippen MR) is 157 cm³/mol. The summed E-state index contributed by atoms with van der Waals surface area (Å²) in [7, 11) is 0. The molecule has 42 heavy (non-hydrogen) atoms. The van der Waals surface area contributed by atoms with Crippen molar-refractivity contribution in [1.29, 1.82) is 5.26 Å². The number of hydrogen-bond donors (Lipinski definition) is 3. The molecular formula is C28H28ClN7O5S. The van der Waals surface area contributed by atoms with Gasteiger partial charge >= 0.3 is 11.9 Å². The zero-order chi connectivity index (χ0) is 29.7. The molecule has 0 saturated carbocycles. The quantitative estimate of drug-likeness (QED) is 0.204. The fraction of sp³-hybridized carbons (Fsp3) is 0.250. The first-order valence-electron chi connectivity index (χ1n) is 12.5. The molecular weight excluding hydrogens is 582 g/mol. The Morgan fingerprint density at radius 1 is 1.36 bits per heavy atom. The van der Waals surface area contributed by atoms with Crippen LogP contribution >= 0.6 is 23.7 Å². The maximum atomic E-state index is 13.0. The number of nitriles is 1. The van der Waals surface area contributed by atoms with E-state index in [9.17, 15) is 19.5 Å². The van der Waals surface area contributed by atoms with E-state index in [1.807, 2.05) is 26.0 Å². The summed E-state index contributed by atoms with van der Waals surface area (Å²) in [6, 6.07) is 10.2.